The molecule has 0 saturated heterocycles. The molecule has 9 heteroatoms. The molecule has 0 radical (unpaired) electrons. The average molecular weight is 407 g/mol. The molecule has 2 amide bonds. The van der Waals surface area contributed by atoms with Crippen LogP contribution in [0.4, 0.5) is 24.5 Å². The second kappa shape index (κ2) is 8.85. The van der Waals surface area contributed by atoms with Gasteiger partial charge in [-0.15, -0.1) is 0 Å². The van der Waals surface area contributed by atoms with Gasteiger partial charge in [0.15, 0.2) is 23.6 Å². The molecule has 6 nitrogen and oxygen atoms in total. The van der Waals surface area contributed by atoms with Crippen LogP contribution in [0, 0.1) is 17.5 Å². The Morgan fingerprint density at radius 3 is 2.66 bits per heavy atom. The Kier molecular flexibility index (Phi) is 6.26. The molecule has 0 unspecified atom stereocenters. The van der Waals surface area contributed by atoms with Crippen molar-refractivity contribution in [2.75, 3.05) is 29.9 Å². The molecule has 2 aromatic carbocycles. The molecule has 0 aromatic heterocycles. The number of benzene rings is 2. The van der Waals surface area contributed by atoms with Crippen molar-refractivity contribution in [3.63, 3.8) is 0 Å². The van der Waals surface area contributed by atoms with E-state index in [9.17, 15) is 22.8 Å². The van der Waals surface area contributed by atoms with Crippen LogP contribution >= 0.6 is 0 Å². The minimum Gasteiger partial charge on any atom is -0.477 e. The van der Waals surface area contributed by atoms with Crippen LogP contribution in [0.2, 0.25) is 0 Å². The Hall–Kier alpha value is -3.23. The summed E-state index contributed by atoms with van der Waals surface area (Å²) >= 11 is 0. The fourth-order valence-electron chi connectivity index (χ4n) is 2.94. The smallest absolute Gasteiger partial charge is 0.262 e. The third-order valence-corrected chi connectivity index (χ3v) is 4.35. The predicted molar refractivity (Wildman–Crippen MR) is 101 cm³/mol. The summed E-state index contributed by atoms with van der Waals surface area (Å²) in [4.78, 5) is 26.3. The molecule has 1 heterocycles. The lowest BCUT2D eigenvalue weighted by molar-refractivity contribution is -0.128. The average Bonchev–Trinajstić information content (AvgIpc) is 2.72. The molecule has 29 heavy (non-hydrogen) atoms. The second-order valence-electron chi connectivity index (χ2n) is 6.52. The highest BCUT2D eigenvalue weighted by Gasteiger charge is 2.31. The number of ether oxygens (including phenoxy) is 1. The van der Waals surface area contributed by atoms with Gasteiger partial charge in [0.2, 0.25) is 5.91 Å². The Labute approximate surface area is 165 Å². The van der Waals surface area contributed by atoms with Crippen molar-refractivity contribution in [1.82, 2.24) is 5.32 Å². The molecule has 2 N–H and O–H groups in total. The number of nitrogens with one attached hydrogen (secondary N) is 2. The Morgan fingerprint density at radius 1 is 1.14 bits per heavy atom. The van der Waals surface area contributed by atoms with Crippen LogP contribution < -0.4 is 20.3 Å². The molecule has 1 aliphatic heterocycles. The van der Waals surface area contributed by atoms with Crippen LogP contribution in [0.15, 0.2) is 36.4 Å². The topological polar surface area (TPSA) is 70.7 Å². The number of anilines is 2. The first-order chi connectivity index (χ1) is 13.9. The van der Waals surface area contributed by atoms with Gasteiger partial charge in [-0.1, -0.05) is 19.1 Å². The fourth-order valence-corrected chi connectivity index (χ4v) is 2.94. The summed E-state index contributed by atoms with van der Waals surface area (Å²) in [6.45, 7) is 2.28. The van der Waals surface area contributed by atoms with E-state index in [-0.39, 0.29) is 19.0 Å². The molecular weight excluding hydrogens is 387 g/mol. The number of carbonyl (C=O) groups is 2. The van der Waals surface area contributed by atoms with Gasteiger partial charge in [-0.2, -0.15) is 0 Å². The maximum Gasteiger partial charge on any atom is 0.262 e. The third kappa shape index (κ3) is 4.61. The number of hydrogen-bond donors (Lipinski definition) is 2. The summed E-state index contributed by atoms with van der Waals surface area (Å²) < 4.78 is 46.0. The van der Waals surface area contributed by atoms with Crippen molar-refractivity contribution < 1.29 is 27.5 Å². The van der Waals surface area contributed by atoms with Gasteiger partial charge >= 0.3 is 0 Å². The number of fused-ring (bicyclic) bond motifs is 1. The largest absolute Gasteiger partial charge is 0.477 e. The summed E-state index contributed by atoms with van der Waals surface area (Å²) in [5, 5.41) is 4.98. The monoisotopic (exact) mass is 407 g/mol. The first kappa shape index (κ1) is 20.5. The van der Waals surface area contributed by atoms with Gasteiger partial charge in [0.1, 0.15) is 5.75 Å². The quantitative estimate of drug-likeness (QED) is 0.723. The van der Waals surface area contributed by atoms with Gasteiger partial charge in [0, 0.05) is 6.54 Å². The summed E-state index contributed by atoms with van der Waals surface area (Å²) in [5.74, 6) is -5.01. The predicted octanol–water partition coefficient (Wildman–Crippen LogP) is 2.84. The summed E-state index contributed by atoms with van der Waals surface area (Å²) in [7, 11) is 0. The van der Waals surface area contributed by atoms with Crippen LogP contribution in [-0.4, -0.2) is 37.6 Å². The molecule has 0 spiro atoms. The minimum atomic E-state index is -1.66. The highest BCUT2D eigenvalue weighted by molar-refractivity contribution is 5.95. The minimum absolute atomic E-state index is 0.0975. The van der Waals surface area contributed by atoms with Crippen molar-refractivity contribution in [3.8, 4) is 5.75 Å². The lowest BCUT2D eigenvalue weighted by Crippen LogP contribution is -2.50. The van der Waals surface area contributed by atoms with Crippen molar-refractivity contribution in [1.29, 1.82) is 0 Å². The Balaban J connectivity index is 1.75. The van der Waals surface area contributed by atoms with Gasteiger partial charge in [0.25, 0.3) is 5.91 Å². The van der Waals surface area contributed by atoms with Crippen LogP contribution in [0.3, 0.4) is 0 Å². The van der Waals surface area contributed by atoms with Gasteiger partial charge < -0.3 is 20.3 Å². The third-order valence-electron chi connectivity index (χ3n) is 4.35. The first-order valence-electron chi connectivity index (χ1n) is 9.12. The molecule has 0 aliphatic carbocycles. The van der Waals surface area contributed by atoms with E-state index in [2.05, 4.69) is 10.6 Å². The van der Waals surface area contributed by atoms with Crippen molar-refractivity contribution in [2.24, 2.45) is 0 Å². The molecule has 1 atom stereocenters. The highest BCUT2D eigenvalue weighted by Crippen LogP contribution is 2.33. The number of amides is 2. The molecule has 2 aromatic rings. The lowest BCUT2D eigenvalue weighted by Gasteiger charge is -2.35. The van der Waals surface area contributed by atoms with E-state index in [1.54, 1.807) is 29.2 Å². The normalized spacial score (nSPS) is 15.3. The zero-order valence-corrected chi connectivity index (χ0v) is 15.7. The molecule has 3 rings (SSSR count). The van der Waals surface area contributed by atoms with E-state index in [0.29, 0.717) is 18.0 Å². The SMILES string of the molecule is CCCNC(=O)[C@@H]1CN(CC(=O)Nc2ccc(F)c(F)c2F)c2ccccc2O1. The molecule has 154 valence electrons. The van der Waals surface area contributed by atoms with Crippen LogP contribution in [-0.2, 0) is 9.59 Å². The van der Waals surface area contributed by atoms with Crippen molar-refractivity contribution in [3.05, 3.63) is 53.8 Å². The van der Waals surface area contributed by atoms with Gasteiger partial charge in [-0.25, -0.2) is 13.2 Å². The maximum absolute atomic E-state index is 13.8. The van der Waals surface area contributed by atoms with Crippen LogP contribution in [0.1, 0.15) is 13.3 Å². The van der Waals surface area contributed by atoms with E-state index in [0.717, 1.165) is 18.6 Å². The van der Waals surface area contributed by atoms with Crippen molar-refractivity contribution >= 4 is 23.2 Å². The Bertz CT molecular complexity index is 923. The fraction of sp³-hybridized carbons (Fsp3) is 0.300. The summed E-state index contributed by atoms with van der Waals surface area (Å²) in [5.41, 5.74) is 0.126. The van der Waals surface area contributed by atoms with Crippen LogP contribution in [0.5, 0.6) is 5.75 Å². The van der Waals surface area contributed by atoms with Gasteiger partial charge in [-0.3, -0.25) is 9.59 Å². The zero-order valence-electron chi connectivity index (χ0n) is 15.7. The molecule has 1 aliphatic rings. The van der Waals surface area contributed by atoms with E-state index >= 15 is 0 Å². The summed E-state index contributed by atoms with van der Waals surface area (Å²) in [6, 6.07) is 8.56. The first-order valence-corrected chi connectivity index (χ1v) is 9.12. The zero-order chi connectivity index (χ0) is 21.0. The van der Waals surface area contributed by atoms with E-state index in [4.69, 9.17) is 4.74 Å². The molecular formula is C20H20F3N3O3. The number of nitrogens with zero attached hydrogens (tertiary/aromatic N) is 1. The number of hydrogen-bond acceptors (Lipinski definition) is 4. The van der Waals surface area contributed by atoms with Crippen LogP contribution in [0.25, 0.3) is 0 Å². The number of carbonyl (C=O) groups excluding carboxylic acids is 2. The number of rotatable bonds is 6. The lowest BCUT2D eigenvalue weighted by atomic mass is 10.1. The van der Waals surface area contributed by atoms with Gasteiger partial charge in [-0.05, 0) is 30.7 Å². The molecule has 0 saturated carbocycles. The van der Waals surface area contributed by atoms with E-state index in [1.165, 1.54) is 0 Å². The summed E-state index contributed by atoms with van der Waals surface area (Å²) in [6.07, 6.45) is -0.0646. The molecule has 0 fully saturated rings. The van der Waals surface area contributed by atoms with Gasteiger partial charge in [0.05, 0.1) is 24.5 Å². The van der Waals surface area contributed by atoms with E-state index in [1.807, 2.05) is 6.92 Å². The number of para-hydroxylation sites is 2. The van der Waals surface area contributed by atoms with Crippen molar-refractivity contribution in [2.45, 2.75) is 19.4 Å². The highest BCUT2D eigenvalue weighted by atomic mass is 19.2. The Morgan fingerprint density at radius 2 is 1.90 bits per heavy atom. The standard InChI is InChI=1S/C20H20F3N3O3/c1-2-9-24-20(28)16-10-26(14-5-3-4-6-15(14)29-16)11-17(27)25-13-8-7-12(21)18(22)19(13)23/h3-8,16H,2,9-11H2,1H3,(H,24,28)(H,25,27)/t16-/m0/s1. The molecule has 0 bridgehead atoms. The van der Waals surface area contributed by atoms with E-state index < -0.39 is 35.2 Å². The maximum atomic E-state index is 13.8. The number of halogens is 3. The second-order valence-corrected chi connectivity index (χ2v) is 6.52.